The van der Waals surface area contributed by atoms with E-state index in [9.17, 15) is 14.4 Å². The number of piperidine rings is 1. The summed E-state index contributed by atoms with van der Waals surface area (Å²) in [5, 5.41) is 0.386. The molecule has 1 amide bonds. The Bertz CT molecular complexity index is 1080. The SMILES string of the molecule is Cn1c(=O)c(=O)n(C2CCN(C(=O)OC(C)(C)C)CC2(C)C)c2ncc(Cl)cc21. The van der Waals surface area contributed by atoms with E-state index in [2.05, 4.69) is 4.98 Å². The molecule has 0 saturated carbocycles. The van der Waals surface area contributed by atoms with Gasteiger partial charge in [-0.3, -0.25) is 14.2 Å². The van der Waals surface area contributed by atoms with E-state index < -0.39 is 22.1 Å². The van der Waals surface area contributed by atoms with Gasteiger partial charge in [-0.25, -0.2) is 9.78 Å². The van der Waals surface area contributed by atoms with E-state index in [1.54, 1.807) is 11.0 Å². The molecule has 1 saturated heterocycles. The Morgan fingerprint density at radius 1 is 1.28 bits per heavy atom. The van der Waals surface area contributed by atoms with Crippen LogP contribution in [-0.4, -0.2) is 43.8 Å². The Hall–Kier alpha value is -2.35. The van der Waals surface area contributed by atoms with Gasteiger partial charge in [0.25, 0.3) is 0 Å². The summed E-state index contributed by atoms with van der Waals surface area (Å²) >= 11 is 6.06. The highest BCUT2D eigenvalue weighted by Gasteiger charge is 2.41. The number of aromatic nitrogens is 3. The van der Waals surface area contributed by atoms with Crippen molar-refractivity contribution in [1.82, 2.24) is 19.0 Å². The molecular formula is C20H27ClN4O4. The van der Waals surface area contributed by atoms with Crippen LogP contribution in [0, 0.1) is 5.41 Å². The molecule has 158 valence electrons. The van der Waals surface area contributed by atoms with Gasteiger partial charge >= 0.3 is 17.2 Å². The molecule has 0 aliphatic carbocycles. The van der Waals surface area contributed by atoms with Gasteiger partial charge in [-0.1, -0.05) is 25.4 Å². The zero-order chi connectivity index (χ0) is 21.7. The molecule has 2 aromatic rings. The number of carbonyl (C=O) groups is 1. The molecule has 9 heteroatoms. The second-order valence-electron chi connectivity index (χ2n) is 9.23. The Kier molecular flexibility index (Phi) is 5.28. The minimum absolute atomic E-state index is 0.307. The van der Waals surface area contributed by atoms with Crippen LogP contribution >= 0.6 is 11.6 Å². The van der Waals surface area contributed by atoms with Crippen LogP contribution < -0.4 is 11.1 Å². The number of pyridine rings is 1. The van der Waals surface area contributed by atoms with E-state index in [1.807, 2.05) is 34.6 Å². The number of aryl methyl sites for hydroxylation is 1. The summed E-state index contributed by atoms with van der Waals surface area (Å²) in [6.45, 7) is 10.2. The summed E-state index contributed by atoms with van der Waals surface area (Å²) in [6.07, 6.45) is 1.58. The molecule has 0 aromatic carbocycles. The number of halogens is 1. The lowest BCUT2D eigenvalue weighted by Crippen LogP contribution is -2.53. The van der Waals surface area contributed by atoms with Crippen LogP contribution in [0.1, 0.15) is 47.1 Å². The summed E-state index contributed by atoms with van der Waals surface area (Å²) in [7, 11) is 1.53. The van der Waals surface area contributed by atoms with Crippen molar-refractivity contribution in [3.8, 4) is 0 Å². The molecule has 1 fully saturated rings. The van der Waals surface area contributed by atoms with Crippen molar-refractivity contribution in [2.45, 2.75) is 52.7 Å². The predicted molar refractivity (Wildman–Crippen MR) is 111 cm³/mol. The number of hydrogen-bond acceptors (Lipinski definition) is 5. The van der Waals surface area contributed by atoms with E-state index in [4.69, 9.17) is 16.3 Å². The average molecular weight is 423 g/mol. The molecule has 0 spiro atoms. The number of hydrogen-bond donors (Lipinski definition) is 0. The van der Waals surface area contributed by atoms with Crippen LogP contribution in [-0.2, 0) is 11.8 Å². The average Bonchev–Trinajstić information content (AvgIpc) is 2.59. The van der Waals surface area contributed by atoms with Crippen molar-refractivity contribution in [2.75, 3.05) is 13.1 Å². The Labute approximate surface area is 174 Å². The molecule has 29 heavy (non-hydrogen) atoms. The van der Waals surface area contributed by atoms with Crippen LogP contribution in [0.15, 0.2) is 21.9 Å². The number of carbonyl (C=O) groups excluding carboxylic acids is 1. The maximum Gasteiger partial charge on any atom is 0.410 e. The zero-order valence-corrected chi connectivity index (χ0v) is 18.4. The molecule has 1 aliphatic rings. The van der Waals surface area contributed by atoms with Crippen LogP contribution in [0.2, 0.25) is 5.02 Å². The molecule has 1 unspecified atom stereocenters. The zero-order valence-electron chi connectivity index (χ0n) is 17.7. The lowest BCUT2D eigenvalue weighted by Gasteiger charge is -2.45. The van der Waals surface area contributed by atoms with E-state index in [0.29, 0.717) is 35.7 Å². The fraction of sp³-hybridized carbons (Fsp3) is 0.600. The predicted octanol–water partition coefficient (Wildman–Crippen LogP) is 2.96. The summed E-state index contributed by atoms with van der Waals surface area (Å²) in [5.41, 5.74) is -1.43. The Balaban J connectivity index is 2.05. The van der Waals surface area contributed by atoms with Gasteiger partial charge in [0, 0.05) is 37.8 Å². The highest BCUT2D eigenvalue weighted by molar-refractivity contribution is 6.31. The number of fused-ring (bicyclic) bond motifs is 1. The first-order valence-electron chi connectivity index (χ1n) is 9.56. The summed E-state index contributed by atoms with van der Waals surface area (Å²) in [5.74, 6) is 0. The molecule has 0 radical (unpaired) electrons. The highest BCUT2D eigenvalue weighted by Crippen LogP contribution is 2.39. The normalized spacial score (nSPS) is 19.4. The van der Waals surface area contributed by atoms with Crippen molar-refractivity contribution < 1.29 is 9.53 Å². The number of likely N-dealkylation sites (tertiary alicyclic amines) is 1. The van der Waals surface area contributed by atoms with Crippen LogP contribution in [0.5, 0.6) is 0 Å². The molecule has 3 heterocycles. The minimum Gasteiger partial charge on any atom is -0.444 e. The van der Waals surface area contributed by atoms with Gasteiger partial charge in [0.1, 0.15) is 5.60 Å². The van der Waals surface area contributed by atoms with Gasteiger partial charge in [-0.2, -0.15) is 0 Å². The third-order valence-corrected chi connectivity index (χ3v) is 5.45. The topological polar surface area (TPSA) is 86.4 Å². The van der Waals surface area contributed by atoms with Crippen LogP contribution in [0.3, 0.4) is 0 Å². The fourth-order valence-corrected chi connectivity index (χ4v) is 4.05. The van der Waals surface area contributed by atoms with Crippen molar-refractivity contribution in [3.05, 3.63) is 38.0 Å². The monoisotopic (exact) mass is 422 g/mol. The molecule has 0 N–H and O–H groups in total. The maximum absolute atomic E-state index is 12.9. The standard InChI is InChI=1S/C20H27ClN4O4/c1-19(2,3)29-18(28)24-8-7-14(20(4,5)11-24)25-15-13(9-12(21)10-22-15)23(6)16(26)17(25)27/h9-10,14H,7-8,11H2,1-6H3. The first-order valence-corrected chi connectivity index (χ1v) is 9.94. The second kappa shape index (κ2) is 7.16. The lowest BCUT2D eigenvalue weighted by atomic mass is 9.79. The highest BCUT2D eigenvalue weighted by atomic mass is 35.5. The van der Waals surface area contributed by atoms with Gasteiger partial charge < -0.3 is 14.2 Å². The number of amides is 1. The van der Waals surface area contributed by atoms with Gasteiger partial charge in [-0.15, -0.1) is 0 Å². The van der Waals surface area contributed by atoms with E-state index in [0.717, 1.165) is 0 Å². The second-order valence-corrected chi connectivity index (χ2v) is 9.67. The number of ether oxygens (including phenoxy) is 1. The molecule has 8 nitrogen and oxygen atoms in total. The van der Waals surface area contributed by atoms with Gasteiger partial charge in [0.15, 0.2) is 5.65 Å². The molecule has 1 atom stereocenters. The quantitative estimate of drug-likeness (QED) is 0.659. The van der Waals surface area contributed by atoms with Crippen molar-refractivity contribution in [3.63, 3.8) is 0 Å². The molecular weight excluding hydrogens is 396 g/mol. The minimum atomic E-state index is -0.632. The first kappa shape index (κ1) is 21.4. The number of rotatable bonds is 1. The Morgan fingerprint density at radius 2 is 1.93 bits per heavy atom. The fourth-order valence-electron chi connectivity index (χ4n) is 3.90. The molecule has 3 rings (SSSR count). The van der Waals surface area contributed by atoms with Gasteiger partial charge in [0.05, 0.1) is 10.5 Å². The number of nitrogens with zero attached hydrogens (tertiary/aromatic N) is 4. The third kappa shape index (κ3) is 4.03. The summed E-state index contributed by atoms with van der Waals surface area (Å²) < 4.78 is 8.24. The third-order valence-electron chi connectivity index (χ3n) is 5.25. The largest absolute Gasteiger partial charge is 0.444 e. The smallest absolute Gasteiger partial charge is 0.410 e. The van der Waals surface area contributed by atoms with Crippen molar-refractivity contribution in [2.24, 2.45) is 12.5 Å². The van der Waals surface area contributed by atoms with Crippen LogP contribution in [0.25, 0.3) is 11.2 Å². The van der Waals surface area contributed by atoms with Crippen molar-refractivity contribution >= 4 is 28.9 Å². The summed E-state index contributed by atoms with van der Waals surface area (Å²) in [4.78, 5) is 44.0. The first-order chi connectivity index (χ1) is 13.3. The van der Waals surface area contributed by atoms with E-state index in [1.165, 1.54) is 22.4 Å². The molecule has 1 aliphatic heterocycles. The van der Waals surface area contributed by atoms with E-state index in [-0.39, 0.29) is 12.1 Å². The lowest BCUT2D eigenvalue weighted by molar-refractivity contribution is -0.00205. The molecule has 2 aromatic heterocycles. The van der Waals surface area contributed by atoms with Gasteiger partial charge in [-0.05, 0) is 33.3 Å². The van der Waals surface area contributed by atoms with Crippen LogP contribution in [0.4, 0.5) is 4.79 Å². The van der Waals surface area contributed by atoms with Crippen molar-refractivity contribution in [1.29, 1.82) is 0 Å². The maximum atomic E-state index is 12.9. The van der Waals surface area contributed by atoms with E-state index >= 15 is 0 Å². The molecule has 0 bridgehead atoms. The summed E-state index contributed by atoms with van der Waals surface area (Å²) in [6, 6.07) is 1.32. The Morgan fingerprint density at radius 3 is 2.52 bits per heavy atom. The van der Waals surface area contributed by atoms with Gasteiger partial charge in [0.2, 0.25) is 0 Å².